The lowest BCUT2D eigenvalue weighted by Crippen LogP contribution is -2.56. The summed E-state index contributed by atoms with van der Waals surface area (Å²) in [7, 11) is 0. The number of carbonyl (C=O) groups is 1. The van der Waals surface area contributed by atoms with E-state index in [9.17, 15) is 31.9 Å². The molecule has 8 nitrogen and oxygen atoms in total. The molecule has 13 heteroatoms. The number of nitrogens with one attached hydrogen (secondary N) is 2. The molecule has 1 fully saturated rings. The lowest BCUT2D eigenvalue weighted by molar-refractivity contribution is -0.158. The van der Waals surface area contributed by atoms with Crippen molar-refractivity contribution in [3.63, 3.8) is 0 Å². The van der Waals surface area contributed by atoms with Crippen molar-refractivity contribution in [2.24, 2.45) is 5.92 Å². The summed E-state index contributed by atoms with van der Waals surface area (Å²) in [5.74, 6) is -2.51. The van der Waals surface area contributed by atoms with Crippen molar-refractivity contribution < 1.29 is 36.3 Å². The third-order valence-electron chi connectivity index (χ3n) is 5.92. The van der Waals surface area contributed by atoms with Gasteiger partial charge in [-0.05, 0) is 26.8 Å². The molecule has 1 aliphatic heterocycles. The first-order valence-corrected chi connectivity index (χ1v) is 10.6. The second kappa shape index (κ2) is 8.63. The maximum absolute atomic E-state index is 14.0. The highest BCUT2D eigenvalue weighted by atomic mass is 19.4. The number of urea groups is 1. The number of hydrogen-bond donors (Lipinski definition) is 3. The van der Waals surface area contributed by atoms with Gasteiger partial charge in [0.1, 0.15) is 11.6 Å². The Balaban J connectivity index is 1.47. The molecule has 0 radical (unpaired) electrons. The topological polar surface area (TPSA) is 104 Å². The number of anilines is 2. The van der Waals surface area contributed by atoms with E-state index < -0.39 is 46.8 Å². The minimum absolute atomic E-state index is 0.0289. The van der Waals surface area contributed by atoms with Crippen LogP contribution in [0.1, 0.15) is 31.2 Å². The number of halogens is 5. The summed E-state index contributed by atoms with van der Waals surface area (Å²) in [6.07, 6.45) is -2.54. The third kappa shape index (κ3) is 4.99. The molecule has 35 heavy (non-hydrogen) atoms. The van der Waals surface area contributed by atoms with Crippen LogP contribution in [0.2, 0.25) is 0 Å². The van der Waals surface area contributed by atoms with Crippen LogP contribution in [0.4, 0.5) is 38.4 Å². The normalized spacial score (nSPS) is 15.7. The summed E-state index contributed by atoms with van der Waals surface area (Å²) in [6, 6.07) is -2.51. The molecule has 2 amide bonds. The zero-order valence-electron chi connectivity index (χ0n) is 18.9. The molecule has 0 bridgehead atoms. The van der Waals surface area contributed by atoms with Crippen molar-refractivity contribution in [1.29, 1.82) is 0 Å². The van der Waals surface area contributed by atoms with Crippen molar-refractivity contribution in [2.75, 3.05) is 23.3 Å². The second-order valence-corrected chi connectivity index (χ2v) is 8.96. The van der Waals surface area contributed by atoms with Crippen LogP contribution in [0.3, 0.4) is 0 Å². The van der Waals surface area contributed by atoms with Gasteiger partial charge < -0.3 is 25.1 Å². The van der Waals surface area contributed by atoms with Crippen LogP contribution in [0.5, 0.6) is 0 Å². The number of fused-ring (bicyclic) bond motifs is 1. The van der Waals surface area contributed by atoms with Crippen molar-refractivity contribution >= 4 is 28.6 Å². The number of aryl methyl sites for hydroxylation is 1. The van der Waals surface area contributed by atoms with E-state index >= 15 is 0 Å². The Kier molecular flexibility index (Phi) is 6.07. The Morgan fingerprint density at radius 2 is 1.83 bits per heavy atom. The van der Waals surface area contributed by atoms with Crippen molar-refractivity contribution in [3.05, 3.63) is 47.5 Å². The minimum atomic E-state index is -5.00. The lowest BCUT2D eigenvalue weighted by atomic mass is 9.85. The first-order chi connectivity index (χ1) is 16.2. The molecule has 3 N–H and O–H groups in total. The Bertz CT molecular complexity index is 1250. The maximum atomic E-state index is 14.0. The molecule has 2 aromatic heterocycles. The van der Waals surface area contributed by atoms with E-state index in [2.05, 4.69) is 15.3 Å². The van der Waals surface area contributed by atoms with Gasteiger partial charge in [-0.3, -0.25) is 0 Å². The molecule has 1 atom stereocenters. The van der Waals surface area contributed by atoms with Gasteiger partial charge in [0, 0.05) is 36.0 Å². The Hall–Kier alpha value is -3.48. The maximum Gasteiger partial charge on any atom is 0.416 e. The quantitative estimate of drug-likeness (QED) is 0.449. The van der Waals surface area contributed by atoms with Crippen molar-refractivity contribution in [3.8, 4) is 0 Å². The highest BCUT2D eigenvalue weighted by Gasteiger charge is 2.45. The zero-order valence-corrected chi connectivity index (χ0v) is 18.9. The third-order valence-corrected chi connectivity index (χ3v) is 5.92. The number of hydrogen-bond acceptors (Lipinski definition) is 6. The molecular formula is C22H22F5N5O3. The number of aliphatic hydroxyl groups is 1. The van der Waals surface area contributed by atoms with Crippen LogP contribution in [-0.2, 0) is 0 Å². The molecule has 1 aliphatic rings. The van der Waals surface area contributed by atoms with Gasteiger partial charge >= 0.3 is 12.2 Å². The van der Waals surface area contributed by atoms with E-state index in [4.69, 9.17) is 4.42 Å². The SMILES string of the molecule is Cc1c(C(NC(=O)Nc2cnc(N3CC(C(C)(C)O)C3)nc2)C(F)(F)F)oc2c(F)cc(F)cc12. The molecule has 3 aromatic rings. The van der Waals surface area contributed by atoms with E-state index in [1.54, 1.807) is 24.1 Å². The van der Waals surface area contributed by atoms with Crippen molar-refractivity contribution in [2.45, 2.75) is 38.6 Å². The fourth-order valence-corrected chi connectivity index (χ4v) is 3.77. The average Bonchev–Trinajstić information content (AvgIpc) is 3.01. The van der Waals surface area contributed by atoms with Crippen LogP contribution in [0.15, 0.2) is 28.9 Å². The Labute approximate surface area is 196 Å². The van der Waals surface area contributed by atoms with Crippen LogP contribution in [-0.4, -0.2) is 46.0 Å². The molecule has 0 aliphatic carbocycles. The van der Waals surface area contributed by atoms with E-state index in [0.717, 1.165) is 6.07 Å². The Morgan fingerprint density at radius 1 is 1.20 bits per heavy atom. The number of aromatic nitrogens is 2. The van der Waals surface area contributed by atoms with Gasteiger partial charge in [0.05, 0.1) is 23.7 Å². The molecule has 1 saturated heterocycles. The van der Waals surface area contributed by atoms with E-state index in [1.165, 1.54) is 19.3 Å². The average molecular weight is 499 g/mol. The van der Waals surface area contributed by atoms with Crippen LogP contribution >= 0.6 is 0 Å². The summed E-state index contributed by atoms with van der Waals surface area (Å²) in [5.41, 5.74) is -1.52. The summed E-state index contributed by atoms with van der Waals surface area (Å²) in [5, 5.41) is 13.8. The minimum Gasteiger partial charge on any atom is -0.455 e. The Morgan fingerprint density at radius 3 is 2.40 bits per heavy atom. The van der Waals surface area contributed by atoms with Crippen LogP contribution in [0, 0.1) is 24.5 Å². The van der Waals surface area contributed by atoms with Gasteiger partial charge in [0.25, 0.3) is 0 Å². The summed E-state index contributed by atoms with van der Waals surface area (Å²) in [4.78, 5) is 22.3. The fourth-order valence-electron chi connectivity index (χ4n) is 3.77. The molecule has 1 unspecified atom stereocenters. The first-order valence-electron chi connectivity index (χ1n) is 10.6. The van der Waals surface area contributed by atoms with Crippen LogP contribution < -0.4 is 15.5 Å². The number of amides is 2. The van der Waals surface area contributed by atoms with Gasteiger partial charge in [-0.15, -0.1) is 0 Å². The first kappa shape index (κ1) is 24.6. The molecular weight excluding hydrogens is 477 g/mol. The number of alkyl halides is 3. The fraction of sp³-hybridized carbons (Fsp3) is 0.409. The number of nitrogens with zero attached hydrogens (tertiary/aromatic N) is 3. The van der Waals surface area contributed by atoms with Crippen LogP contribution in [0.25, 0.3) is 11.0 Å². The van der Waals surface area contributed by atoms with Crippen molar-refractivity contribution in [1.82, 2.24) is 15.3 Å². The summed E-state index contributed by atoms with van der Waals surface area (Å²) < 4.78 is 73.9. The van der Waals surface area contributed by atoms with Gasteiger partial charge in [-0.2, -0.15) is 13.2 Å². The molecule has 188 valence electrons. The standard InChI is InChI=1S/C22H22F5N5O3/c1-10-14-4-12(23)5-15(24)17(14)35-16(10)18(22(25,26)27)31-20(33)30-13-6-28-19(29-7-13)32-8-11(9-32)21(2,3)34/h4-7,11,18,34H,8-9H2,1-3H3,(H2,30,31,33). The lowest BCUT2D eigenvalue weighted by Gasteiger charge is -2.45. The predicted octanol–water partition coefficient (Wildman–Crippen LogP) is 4.44. The second-order valence-electron chi connectivity index (χ2n) is 8.96. The molecule has 4 rings (SSSR count). The van der Waals surface area contributed by atoms with E-state index in [0.29, 0.717) is 25.1 Å². The van der Waals surface area contributed by atoms with Gasteiger partial charge in [-0.1, -0.05) is 0 Å². The summed E-state index contributed by atoms with van der Waals surface area (Å²) in [6.45, 7) is 5.69. The molecule has 0 spiro atoms. The van der Waals surface area contributed by atoms with E-state index in [1.807, 2.05) is 0 Å². The van der Waals surface area contributed by atoms with E-state index in [-0.39, 0.29) is 22.6 Å². The van der Waals surface area contributed by atoms with Gasteiger partial charge in [0.2, 0.25) is 5.95 Å². The number of carbonyl (C=O) groups excluding carboxylic acids is 1. The summed E-state index contributed by atoms with van der Waals surface area (Å²) >= 11 is 0. The highest BCUT2D eigenvalue weighted by molar-refractivity contribution is 5.89. The number of rotatable bonds is 5. The molecule has 3 heterocycles. The molecule has 1 aromatic carbocycles. The predicted molar refractivity (Wildman–Crippen MR) is 116 cm³/mol. The monoisotopic (exact) mass is 499 g/mol. The number of furan rings is 1. The highest BCUT2D eigenvalue weighted by Crippen LogP contribution is 2.39. The molecule has 0 saturated carbocycles. The number of benzene rings is 1. The van der Waals surface area contributed by atoms with Gasteiger partial charge in [0.15, 0.2) is 17.4 Å². The largest absolute Gasteiger partial charge is 0.455 e. The smallest absolute Gasteiger partial charge is 0.416 e. The van der Waals surface area contributed by atoms with Gasteiger partial charge in [-0.25, -0.2) is 23.5 Å². The zero-order chi connectivity index (χ0) is 25.7.